The molecule has 0 saturated heterocycles. The second-order valence-electron chi connectivity index (χ2n) is 6.79. The molecule has 0 unspecified atom stereocenters. The van der Waals surface area contributed by atoms with Gasteiger partial charge in [0.15, 0.2) is 0 Å². The summed E-state index contributed by atoms with van der Waals surface area (Å²) in [5.41, 5.74) is 1.88. The van der Waals surface area contributed by atoms with Gasteiger partial charge >= 0.3 is 5.97 Å². The molecular formula is C22H14Cl2N2O4S. The van der Waals surface area contributed by atoms with Crippen LogP contribution in [0.15, 0.2) is 82.6 Å². The van der Waals surface area contributed by atoms with E-state index in [4.69, 9.17) is 27.9 Å². The van der Waals surface area contributed by atoms with Gasteiger partial charge < -0.3 is 4.74 Å². The zero-order chi connectivity index (χ0) is 22.2. The molecule has 9 heteroatoms. The average molecular weight is 473 g/mol. The molecule has 0 radical (unpaired) electrons. The number of benzene rings is 2. The van der Waals surface area contributed by atoms with E-state index < -0.39 is 16.0 Å². The number of esters is 1. The van der Waals surface area contributed by atoms with E-state index in [0.717, 1.165) is 4.31 Å². The fourth-order valence-electron chi connectivity index (χ4n) is 3.28. The molecule has 1 heterocycles. The lowest BCUT2D eigenvalue weighted by atomic mass is 9.99. The molecule has 1 aliphatic carbocycles. The van der Waals surface area contributed by atoms with E-state index in [1.165, 1.54) is 36.6 Å². The van der Waals surface area contributed by atoms with Crippen molar-refractivity contribution >= 4 is 39.2 Å². The number of nitriles is 1. The van der Waals surface area contributed by atoms with Crippen LogP contribution in [0.25, 0.3) is 0 Å². The number of cyclic esters (lactones) is 1. The molecule has 0 bridgehead atoms. The minimum absolute atomic E-state index is 0.0654. The lowest BCUT2D eigenvalue weighted by molar-refractivity contribution is -0.132. The Hall–Kier alpha value is -3.05. The van der Waals surface area contributed by atoms with E-state index >= 15 is 0 Å². The Labute approximate surface area is 189 Å². The van der Waals surface area contributed by atoms with Gasteiger partial charge in [-0.05, 0) is 42.8 Å². The van der Waals surface area contributed by atoms with Gasteiger partial charge in [-0.1, -0.05) is 41.4 Å². The van der Waals surface area contributed by atoms with Crippen molar-refractivity contribution in [2.24, 2.45) is 0 Å². The number of rotatable bonds is 5. The summed E-state index contributed by atoms with van der Waals surface area (Å²) in [5.74, 6) is -0.541. The predicted octanol–water partition coefficient (Wildman–Crippen LogP) is 4.71. The predicted molar refractivity (Wildman–Crippen MR) is 115 cm³/mol. The van der Waals surface area contributed by atoms with Gasteiger partial charge in [-0.15, -0.1) is 0 Å². The number of ether oxygens (including phenoxy) is 1. The first-order valence-corrected chi connectivity index (χ1v) is 11.3. The minimum Gasteiger partial charge on any atom is -0.431 e. The van der Waals surface area contributed by atoms with Crippen molar-refractivity contribution in [1.29, 1.82) is 5.26 Å². The maximum absolute atomic E-state index is 13.6. The average Bonchev–Trinajstić information content (AvgIpc) is 3.13. The van der Waals surface area contributed by atoms with E-state index in [1.54, 1.807) is 24.3 Å². The molecule has 0 atom stereocenters. The number of carbonyl (C=O) groups is 1. The number of allylic oxidation sites excluding steroid dienone is 2. The molecular weight excluding hydrogens is 459 g/mol. The molecule has 0 fully saturated rings. The summed E-state index contributed by atoms with van der Waals surface area (Å²) in [7, 11) is -4.13. The lowest BCUT2D eigenvalue weighted by Crippen LogP contribution is -2.31. The Balaban J connectivity index is 1.84. The van der Waals surface area contributed by atoms with Crippen LogP contribution in [-0.4, -0.2) is 18.7 Å². The van der Waals surface area contributed by atoms with Crippen molar-refractivity contribution in [3.8, 4) is 6.07 Å². The minimum atomic E-state index is -4.13. The van der Waals surface area contributed by atoms with Gasteiger partial charge in [0, 0.05) is 26.9 Å². The van der Waals surface area contributed by atoms with Crippen molar-refractivity contribution < 1.29 is 17.9 Å². The Bertz CT molecular complexity index is 1320. The van der Waals surface area contributed by atoms with Crippen LogP contribution < -0.4 is 0 Å². The highest BCUT2D eigenvalue weighted by molar-refractivity contribution is 7.89. The van der Waals surface area contributed by atoms with Crippen molar-refractivity contribution in [2.45, 2.75) is 17.9 Å². The second-order valence-corrected chi connectivity index (χ2v) is 9.47. The molecule has 0 saturated carbocycles. The largest absolute Gasteiger partial charge is 0.431 e. The van der Waals surface area contributed by atoms with Crippen LogP contribution in [0.4, 0.5) is 0 Å². The van der Waals surface area contributed by atoms with Crippen molar-refractivity contribution in [1.82, 2.24) is 4.31 Å². The summed E-state index contributed by atoms with van der Waals surface area (Å²) in [5, 5.41) is 9.80. The first-order valence-electron chi connectivity index (χ1n) is 9.09. The molecule has 0 amide bonds. The number of hydrogen-bond acceptors (Lipinski definition) is 5. The highest BCUT2D eigenvalue weighted by atomic mass is 35.5. The third-order valence-electron chi connectivity index (χ3n) is 4.90. The summed E-state index contributed by atoms with van der Waals surface area (Å²) in [4.78, 5) is 12.0. The first kappa shape index (κ1) is 21.2. The normalized spacial score (nSPS) is 15.3. The fourth-order valence-corrected chi connectivity index (χ4v) is 5.28. The summed E-state index contributed by atoms with van der Waals surface area (Å²) < 4.78 is 33.3. The Morgan fingerprint density at radius 2 is 1.84 bits per heavy atom. The quantitative estimate of drug-likeness (QED) is 0.587. The number of nitrogens with zero attached hydrogens (tertiary/aromatic N) is 2. The van der Waals surface area contributed by atoms with E-state index in [9.17, 15) is 18.5 Å². The molecule has 156 valence electrons. The third-order valence-corrected chi connectivity index (χ3v) is 7.38. The topological polar surface area (TPSA) is 87.5 Å². The zero-order valence-electron chi connectivity index (χ0n) is 15.9. The van der Waals surface area contributed by atoms with Crippen LogP contribution in [0.3, 0.4) is 0 Å². The lowest BCUT2D eigenvalue weighted by Gasteiger charge is -2.28. The Morgan fingerprint density at radius 3 is 2.55 bits per heavy atom. The number of carbonyl (C=O) groups excluding carboxylic acids is 1. The monoisotopic (exact) mass is 472 g/mol. The molecule has 0 aromatic heterocycles. The van der Waals surface area contributed by atoms with Gasteiger partial charge in [-0.2, -0.15) is 5.26 Å². The molecule has 4 rings (SSSR count). The van der Waals surface area contributed by atoms with Crippen LogP contribution in [0, 0.1) is 11.3 Å². The van der Waals surface area contributed by atoms with Crippen LogP contribution in [-0.2, 0) is 26.1 Å². The highest BCUT2D eigenvalue weighted by Gasteiger charge is 2.32. The van der Waals surface area contributed by atoms with Gasteiger partial charge in [0.1, 0.15) is 0 Å². The zero-order valence-corrected chi connectivity index (χ0v) is 18.2. The second kappa shape index (κ2) is 8.23. The third kappa shape index (κ3) is 3.98. The van der Waals surface area contributed by atoms with Crippen molar-refractivity contribution in [2.75, 3.05) is 0 Å². The molecule has 0 spiro atoms. The molecule has 2 aromatic carbocycles. The first-order chi connectivity index (χ1) is 14.8. The van der Waals surface area contributed by atoms with Crippen LogP contribution in [0.5, 0.6) is 0 Å². The van der Waals surface area contributed by atoms with Gasteiger partial charge in [-0.3, -0.25) is 4.31 Å². The molecule has 6 nitrogen and oxygen atoms in total. The smallest absolute Gasteiger partial charge is 0.343 e. The van der Waals surface area contributed by atoms with Gasteiger partial charge in [0.05, 0.1) is 34.9 Å². The van der Waals surface area contributed by atoms with Crippen LogP contribution in [0.1, 0.15) is 17.5 Å². The summed E-state index contributed by atoms with van der Waals surface area (Å²) in [6.07, 6.45) is 4.85. The molecule has 1 aliphatic heterocycles. The maximum Gasteiger partial charge on any atom is 0.343 e. The molecule has 2 aromatic rings. The van der Waals surface area contributed by atoms with Crippen LogP contribution >= 0.6 is 23.2 Å². The van der Waals surface area contributed by atoms with Gasteiger partial charge in [-0.25, -0.2) is 13.2 Å². The van der Waals surface area contributed by atoms with Gasteiger partial charge in [0.25, 0.3) is 10.0 Å². The number of sulfonamides is 1. The SMILES string of the molecule is N#Cc1cccc(S(=O)(=O)N(Cc2c(Cl)cccc2Cl)C2=CCC3=COC(=O)C3=C2)c1. The maximum atomic E-state index is 13.6. The standard InChI is InChI=1S/C22H14Cl2N2O4S/c23-20-5-2-6-21(24)19(20)12-26(16-8-7-15-13-30-22(27)18(15)10-16)31(28,29)17-4-1-3-14(9-17)11-25/h1-6,8-10,13H,7,12H2. The molecule has 31 heavy (non-hydrogen) atoms. The van der Waals surface area contributed by atoms with E-state index in [0.29, 0.717) is 33.2 Å². The van der Waals surface area contributed by atoms with Crippen molar-refractivity contribution in [3.05, 3.63) is 98.9 Å². The highest BCUT2D eigenvalue weighted by Crippen LogP contribution is 2.35. The van der Waals surface area contributed by atoms with E-state index in [2.05, 4.69) is 0 Å². The Kier molecular flexibility index (Phi) is 5.63. The Morgan fingerprint density at radius 1 is 1.13 bits per heavy atom. The molecule has 2 aliphatic rings. The molecule has 0 N–H and O–H groups in total. The number of hydrogen-bond donors (Lipinski definition) is 0. The summed E-state index contributed by atoms with van der Waals surface area (Å²) >= 11 is 12.6. The summed E-state index contributed by atoms with van der Waals surface area (Å²) in [6, 6.07) is 12.6. The fraction of sp³-hybridized carbons (Fsp3) is 0.0909. The summed E-state index contributed by atoms with van der Waals surface area (Å²) in [6.45, 7) is -0.165. The van der Waals surface area contributed by atoms with Gasteiger partial charge in [0.2, 0.25) is 0 Å². The van der Waals surface area contributed by atoms with Crippen molar-refractivity contribution in [3.63, 3.8) is 0 Å². The number of halogens is 2. The number of fused-ring (bicyclic) bond motifs is 1. The van der Waals surface area contributed by atoms with Crippen LogP contribution in [0.2, 0.25) is 10.0 Å². The van der Waals surface area contributed by atoms with E-state index in [1.807, 2.05) is 6.07 Å². The van der Waals surface area contributed by atoms with E-state index in [-0.39, 0.29) is 22.7 Å².